The number of ether oxygens (including phenoxy) is 2. The Labute approximate surface area is 99.5 Å². The van der Waals surface area contributed by atoms with Crippen LogP contribution < -0.4 is 0 Å². The van der Waals surface area contributed by atoms with Gasteiger partial charge in [-0.15, -0.1) is 0 Å². The summed E-state index contributed by atoms with van der Waals surface area (Å²) >= 11 is 0. The first-order chi connectivity index (χ1) is 8.29. The number of carbonyl (C=O) groups is 1. The van der Waals surface area contributed by atoms with Crippen molar-refractivity contribution >= 4 is 6.29 Å². The van der Waals surface area contributed by atoms with Crippen molar-refractivity contribution in [3.8, 4) is 0 Å². The largest absolute Gasteiger partial charge is 0.376 e. The van der Waals surface area contributed by atoms with E-state index in [1.807, 2.05) is 0 Å². The second-order valence-electron chi connectivity index (χ2n) is 4.12. The smallest absolute Gasteiger partial charge is 0.150 e. The third kappa shape index (κ3) is 3.35. The van der Waals surface area contributed by atoms with Crippen molar-refractivity contribution in [2.75, 3.05) is 13.2 Å². The van der Waals surface area contributed by atoms with Gasteiger partial charge in [0.1, 0.15) is 12.1 Å². The minimum atomic E-state index is -0.401. The van der Waals surface area contributed by atoms with Crippen molar-refractivity contribution in [1.82, 2.24) is 0 Å². The Hall–Kier alpha value is -1.26. The summed E-state index contributed by atoms with van der Waals surface area (Å²) in [5.74, 6) is -0.401. The molecule has 0 amide bonds. The maximum atomic E-state index is 13.5. The molecule has 4 heteroatoms. The molecule has 2 rings (SSSR count). The molecule has 1 heterocycles. The highest BCUT2D eigenvalue weighted by molar-refractivity contribution is 5.74. The highest BCUT2D eigenvalue weighted by Gasteiger charge is 2.15. The molecular formula is C13H15FO3. The number of benzene rings is 1. The lowest BCUT2D eigenvalue weighted by Crippen LogP contribution is -2.14. The van der Waals surface area contributed by atoms with Gasteiger partial charge < -0.3 is 9.47 Å². The van der Waals surface area contributed by atoms with Crippen LogP contribution >= 0.6 is 0 Å². The number of hydrogen-bond acceptors (Lipinski definition) is 3. The third-order valence-corrected chi connectivity index (χ3v) is 2.80. The van der Waals surface area contributed by atoms with E-state index >= 15 is 0 Å². The van der Waals surface area contributed by atoms with Crippen LogP contribution in [-0.2, 0) is 16.1 Å². The van der Waals surface area contributed by atoms with Crippen LogP contribution in [0.3, 0.4) is 0 Å². The Morgan fingerprint density at radius 2 is 2.41 bits per heavy atom. The van der Waals surface area contributed by atoms with Crippen molar-refractivity contribution in [2.45, 2.75) is 25.6 Å². The van der Waals surface area contributed by atoms with Crippen LogP contribution in [0.15, 0.2) is 18.2 Å². The molecular weight excluding hydrogens is 223 g/mol. The van der Waals surface area contributed by atoms with Gasteiger partial charge in [0, 0.05) is 17.7 Å². The predicted octanol–water partition coefficient (Wildman–Crippen LogP) is 2.33. The zero-order chi connectivity index (χ0) is 12.1. The molecule has 0 N–H and O–H groups in total. The van der Waals surface area contributed by atoms with E-state index in [9.17, 15) is 9.18 Å². The maximum Gasteiger partial charge on any atom is 0.150 e. The van der Waals surface area contributed by atoms with Crippen LogP contribution in [0.25, 0.3) is 0 Å². The minimum absolute atomic E-state index is 0.146. The van der Waals surface area contributed by atoms with Crippen molar-refractivity contribution in [3.05, 3.63) is 35.1 Å². The molecule has 3 nitrogen and oxygen atoms in total. The Balaban J connectivity index is 1.83. The fourth-order valence-corrected chi connectivity index (χ4v) is 1.83. The van der Waals surface area contributed by atoms with Crippen molar-refractivity contribution < 1.29 is 18.7 Å². The molecule has 1 aromatic rings. The highest BCUT2D eigenvalue weighted by Crippen LogP contribution is 2.14. The molecule has 1 atom stereocenters. The normalized spacial score (nSPS) is 19.5. The van der Waals surface area contributed by atoms with Gasteiger partial charge in [-0.05, 0) is 18.9 Å². The van der Waals surface area contributed by atoms with Crippen LogP contribution in [0.1, 0.15) is 28.8 Å². The van der Waals surface area contributed by atoms with Gasteiger partial charge in [0.2, 0.25) is 0 Å². The number of hydrogen-bond donors (Lipinski definition) is 0. The molecule has 1 fully saturated rings. The zero-order valence-corrected chi connectivity index (χ0v) is 9.52. The number of aldehydes is 1. The SMILES string of the molecule is O=Cc1ccc(COCC2CCCO2)c(F)c1. The van der Waals surface area contributed by atoms with E-state index in [-0.39, 0.29) is 12.7 Å². The molecule has 0 spiro atoms. The molecule has 0 saturated carbocycles. The van der Waals surface area contributed by atoms with Gasteiger partial charge in [0.25, 0.3) is 0 Å². The molecule has 1 aliphatic rings. The molecule has 0 bridgehead atoms. The van der Waals surface area contributed by atoms with Gasteiger partial charge in [-0.2, -0.15) is 0 Å². The molecule has 0 aromatic heterocycles. The first kappa shape index (κ1) is 12.2. The van der Waals surface area contributed by atoms with E-state index in [0.717, 1.165) is 19.4 Å². The maximum absolute atomic E-state index is 13.5. The number of rotatable bonds is 5. The van der Waals surface area contributed by atoms with Crippen LogP contribution in [-0.4, -0.2) is 25.6 Å². The summed E-state index contributed by atoms with van der Waals surface area (Å²) < 4.78 is 24.3. The van der Waals surface area contributed by atoms with Gasteiger partial charge >= 0.3 is 0 Å². The molecule has 1 aromatic carbocycles. The monoisotopic (exact) mass is 238 g/mol. The Morgan fingerprint density at radius 3 is 3.06 bits per heavy atom. The predicted molar refractivity (Wildman–Crippen MR) is 60.4 cm³/mol. The highest BCUT2D eigenvalue weighted by atomic mass is 19.1. The second kappa shape index (κ2) is 5.89. The summed E-state index contributed by atoms with van der Waals surface area (Å²) in [6.45, 7) is 1.50. The summed E-state index contributed by atoms with van der Waals surface area (Å²) in [4.78, 5) is 10.4. The third-order valence-electron chi connectivity index (χ3n) is 2.80. The minimum Gasteiger partial charge on any atom is -0.376 e. The molecule has 1 aliphatic heterocycles. The van der Waals surface area contributed by atoms with Crippen molar-refractivity contribution in [1.29, 1.82) is 0 Å². The van der Waals surface area contributed by atoms with E-state index in [0.29, 0.717) is 24.0 Å². The number of carbonyl (C=O) groups excluding carboxylic acids is 1. The molecule has 92 valence electrons. The lowest BCUT2D eigenvalue weighted by molar-refractivity contribution is 0.00982. The van der Waals surface area contributed by atoms with Crippen LogP contribution in [0.4, 0.5) is 4.39 Å². The molecule has 17 heavy (non-hydrogen) atoms. The van der Waals surface area contributed by atoms with E-state index in [1.54, 1.807) is 12.1 Å². The summed E-state index contributed by atoms with van der Waals surface area (Å²) in [5, 5.41) is 0. The van der Waals surface area contributed by atoms with Crippen molar-refractivity contribution in [3.63, 3.8) is 0 Å². The Morgan fingerprint density at radius 1 is 1.53 bits per heavy atom. The Bertz CT molecular complexity index is 386. The fraction of sp³-hybridized carbons (Fsp3) is 0.462. The topological polar surface area (TPSA) is 35.5 Å². The van der Waals surface area contributed by atoms with Gasteiger partial charge in [-0.25, -0.2) is 4.39 Å². The summed E-state index contributed by atoms with van der Waals surface area (Å²) in [7, 11) is 0. The molecule has 0 radical (unpaired) electrons. The first-order valence-corrected chi connectivity index (χ1v) is 5.72. The Kier molecular flexibility index (Phi) is 4.23. The average Bonchev–Trinajstić information content (AvgIpc) is 2.84. The van der Waals surface area contributed by atoms with Crippen LogP contribution in [0.5, 0.6) is 0 Å². The van der Waals surface area contributed by atoms with Gasteiger partial charge in [0.15, 0.2) is 0 Å². The van der Waals surface area contributed by atoms with Gasteiger partial charge in [-0.3, -0.25) is 4.79 Å². The standard InChI is InChI=1S/C13H15FO3/c14-13-6-10(7-15)3-4-11(13)8-16-9-12-2-1-5-17-12/h3-4,6-7,12H,1-2,5,8-9H2. The zero-order valence-electron chi connectivity index (χ0n) is 9.52. The lowest BCUT2D eigenvalue weighted by Gasteiger charge is -2.10. The molecule has 1 saturated heterocycles. The number of halogens is 1. The molecule has 1 unspecified atom stereocenters. The first-order valence-electron chi connectivity index (χ1n) is 5.72. The van der Waals surface area contributed by atoms with Gasteiger partial charge in [0.05, 0.1) is 19.3 Å². The second-order valence-corrected chi connectivity index (χ2v) is 4.12. The van der Waals surface area contributed by atoms with E-state index in [1.165, 1.54) is 6.07 Å². The van der Waals surface area contributed by atoms with E-state index in [4.69, 9.17) is 9.47 Å². The van der Waals surface area contributed by atoms with Crippen LogP contribution in [0, 0.1) is 5.82 Å². The van der Waals surface area contributed by atoms with E-state index < -0.39 is 5.82 Å². The molecule has 0 aliphatic carbocycles. The van der Waals surface area contributed by atoms with E-state index in [2.05, 4.69) is 0 Å². The van der Waals surface area contributed by atoms with Gasteiger partial charge in [-0.1, -0.05) is 12.1 Å². The summed E-state index contributed by atoms with van der Waals surface area (Å²) in [6.07, 6.45) is 2.84. The summed E-state index contributed by atoms with van der Waals surface area (Å²) in [6, 6.07) is 4.38. The fourth-order valence-electron chi connectivity index (χ4n) is 1.83. The quantitative estimate of drug-likeness (QED) is 0.738. The average molecular weight is 238 g/mol. The summed E-state index contributed by atoms with van der Waals surface area (Å²) in [5.41, 5.74) is 0.805. The van der Waals surface area contributed by atoms with Crippen molar-refractivity contribution in [2.24, 2.45) is 0 Å². The lowest BCUT2D eigenvalue weighted by atomic mass is 10.1. The van der Waals surface area contributed by atoms with Crippen LogP contribution in [0.2, 0.25) is 0 Å².